The van der Waals surface area contributed by atoms with Gasteiger partial charge in [-0.05, 0) is 35.9 Å². The Kier molecular flexibility index (Phi) is 3.97. The Morgan fingerprint density at radius 3 is 2.33 bits per heavy atom. The number of hydrogen-bond donors (Lipinski definition) is 0. The zero-order valence-electron chi connectivity index (χ0n) is 8.93. The highest BCUT2D eigenvalue weighted by Gasteiger charge is 2.17. The van der Waals surface area contributed by atoms with Gasteiger partial charge in [0.25, 0.3) is 0 Å². The van der Waals surface area contributed by atoms with Gasteiger partial charge in [0, 0.05) is 5.56 Å². The molecule has 0 heterocycles. The molecule has 94 valence electrons. The predicted octanol–water partition coefficient (Wildman–Crippen LogP) is 5.24. The Labute approximate surface area is 116 Å². The van der Waals surface area contributed by atoms with Gasteiger partial charge in [-0.2, -0.15) is 0 Å². The van der Waals surface area contributed by atoms with Gasteiger partial charge >= 0.3 is 0 Å². The summed E-state index contributed by atoms with van der Waals surface area (Å²) < 4.78 is 40.0. The normalized spacial score (nSPS) is 12.5. The Hall–Kier alpha value is -1.00. The predicted molar refractivity (Wildman–Crippen MR) is 68.5 cm³/mol. The molecule has 1 atom stereocenters. The monoisotopic (exact) mass is 334 g/mol. The van der Waals surface area contributed by atoms with Crippen molar-refractivity contribution in [1.29, 1.82) is 0 Å². The van der Waals surface area contributed by atoms with Crippen molar-refractivity contribution in [3.8, 4) is 0 Å². The summed E-state index contributed by atoms with van der Waals surface area (Å²) in [5, 5.41) is -0.0156. The highest BCUT2D eigenvalue weighted by atomic mass is 79.9. The van der Waals surface area contributed by atoms with E-state index in [1.165, 1.54) is 12.1 Å². The summed E-state index contributed by atoms with van der Waals surface area (Å²) >= 11 is 8.78. The molecule has 5 heteroatoms. The molecule has 18 heavy (non-hydrogen) atoms. The second kappa shape index (κ2) is 5.33. The van der Waals surface area contributed by atoms with E-state index in [0.717, 1.165) is 18.2 Å². The molecule has 0 saturated carbocycles. The number of halogens is 5. The molecule has 0 aliphatic rings. The molecule has 2 aromatic carbocycles. The van der Waals surface area contributed by atoms with Crippen molar-refractivity contribution in [2.45, 2.75) is 4.83 Å². The van der Waals surface area contributed by atoms with Crippen LogP contribution >= 0.6 is 27.5 Å². The molecule has 0 spiro atoms. The van der Waals surface area contributed by atoms with Crippen LogP contribution in [0.15, 0.2) is 36.4 Å². The summed E-state index contributed by atoms with van der Waals surface area (Å²) in [6.07, 6.45) is 0. The molecule has 0 amide bonds. The second-order valence-corrected chi connectivity index (χ2v) is 5.02. The molecule has 0 aromatic heterocycles. The van der Waals surface area contributed by atoms with E-state index < -0.39 is 22.3 Å². The summed E-state index contributed by atoms with van der Waals surface area (Å²) in [7, 11) is 0. The second-order valence-electron chi connectivity index (χ2n) is 3.70. The third kappa shape index (κ3) is 2.70. The van der Waals surface area contributed by atoms with E-state index in [9.17, 15) is 13.2 Å². The molecular weight excluding hydrogens is 328 g/mol. The molecular formula is C13H7BrClF3. The topological polar surface area (TPSA) is 0 Å². The van der Waals surface area contributed by atoms with E-state index in [4.69, 9.17) is 11.6 Å². The molecule has 2 aromatic rings. The average molecular weight is 336 g/mol. The minimum atomic E-state index is -0.639. The molecule has 0 radical (unpaired) electrons. The summed E-state index contributed by atoms with van der Waals surface area (Å²) in [5.74, 6) is -1.71. The fourth-order valence-corrected chi connectivity index (χ4v) is 2.31. The van der Waals surface area contributed by atoms with Crippen LogP contribution in [0, 0.1) is 17.5 Å². The zero-order valence-corrected chi connectivity index (χ0v) is 11.3. The fourth-order valence-electron chi connectivity index (χ4n) is 1.56. The van der Waals surface area contributed by atoms with E-state index in [1.807, 2.05) is 0 Å². The van der Waals surface area contributed by atoms with Gasteiger partial charge in [0.05, 0.1) is 9.85 Å². The van der Waals surface area contributed by atoms with Gasteiger partial charge in [-0.25, -0.2) is 13.2 Å². The first-order valence-electron chi connectivity index (χ1n) is 5.03. The van der Waals surface area contributed by atoms with E-state index in [-0.39, 0.29) is 10.6 Å². The smallest absolute Gasteiger partial charge is 0.142 e. The lowest BCUT2D eigenvalue weighted by atomic mass is 10.0. The first kappa shape index (κ1) is 13.4. The molecule has 0 N–H and O–H groups in total. The maximum absolute atomic E-state index is 13.6. The van der Waals surface area contributed by atoms with Crippen molar-refractivity contribution in [1.82, 2.24) is 0 Å². The van der Waals surface area contributed by atoms with Crippen molar-refractivity contribution in [2.24, 2.45) is 0 Å². The van der Waals surface area contributed by atoms with Crippen LogP contribution in [-0.2, 0) is 0 Å². The van der Waals surface area contributed by atoms with Gasteiger partial charge in [-0.15, -0.1) is 0 Å². The van der Waals surface area contributed by atoms with Gasteiger partial charge < -0.3 is 0 Å². The van der Waals surface area contributed by atoms with Gasteiger partial charge in [-0.1, -0.05) is 33.6 Å². The Balaban J connectivity index is 2.44. The maximum atomic E-state index is 13.6. The lowest BCUT2D eigenvalue weighted by molar-refractivity contribution is 0.587. The summed E-state index contributed by atoms with van der Waals surface area (Å²) in [5.41, 5.74) is 0.568. The molecule has 0 saturated heterocycles. The van der Waals surface area contributed by atoms with E-state index in [0.29, 0.717) is 5.56 Å². The Morgan fingerprint density at radius 2 is 1.67 bits per heavy atom. The van der Waals surface area contributed by atoms with E-state index in [1.54, 1.807) is 6.07 Å². The summed E-state index contributed by atoms with van der Waals surface area (Å²) in [4.78, 5) is -0.639. The molecule has 0 fully saturated rings. The van der Waals surface area contributed by atoms with Crippen molar-refractivity contribution < 1.29 is 13.2 Å². The van der Waals surface area contributed by atoms with Crippen molar-refractivity contribution in [3.63, 3.8) is 0 Å². The quantitative estimate of drug-likeness (QED) is 0.658. The number of rotatable bonds is 2. The highest BCUT2D eigenvalue weighted by molar-refractivity contribution is 9.09. The van der Waals surface area contributed by atoms with Gasteiger partial charge in [0.1, 0.15) is 17.5 Å². The van der Waals surface area contributed by atoms with Crippen LogP contribution in [0.3, 0.4) is 0 Å². The summed E-state index contributed by atoms with van der Waals surface area (Å²) in [6, 6.07) is 7.24. The molecule has 2 rings (SSSR count). The molecule has 1 unspecified atom stereocenters. The molecule has 0 nitrogen and oxygen atoms in total. The number of benzene rings is 2. The van der Waals surface area contributed by atoms with Crippen LogP contribution in [-0.4, -0.2) is 0 Å². The first-order chi connectivity index (χ1) is 8.49. The molecule has 0 aliphatic carbocycles. The first-order valence-corrected chi connectivity index (χ1v) is 6.32. The van der Waals surface area contributed by atoms with Gasteiger partial charge in [0.15, 0.2) is 0 Å². The highest BCUT2D eigenvalue weighted by Crippen LogP contribution is 2.34. The Bertz CT molecular complexity index is 586. The van der Waals surface area contributed by atoms with Crippen LogP contribution in [0.4, 0.5) is 13.2 Å². The minimum absolute atomic E-state index is 0.0156. The van der Waals surface area contributed by atoms with Crippen molar-refractivity contribution >= 4 is 27.5 Å². The third-order valence-electron chi connectivity index (χ3n) is 2.47. The van der Waals surface area contributed by atoms with Crippen molar-refractivity contribution in [3.05, 3.63) is 70.0 Å². The van der Waals surface area contributed by atoms with Gasteiger partial charge in [-0.3, -0.25) is 0 Å². The molecule has 0 bridgehead atoms. The number of hydrogen-bond acceptors (Lipinski definition) is 0. The van der Waals surface area contributed by atoms with E-state index >= 15 is 0 Å². The molecule has 0 aliphatic heterocycles. The standard InChI is InChI=1S/C13H7BrClF3/c14-13(7-1-3-10(15)12(18)5-7)9-6-8(16)2-4-11(9)17/h1-6,13H. The maximum Gasteiger partial charge on any atom is 0.142 e. The SMILES string of the molecule is Fc1ccc(F)c(C(Br)c2ccc(Cl)c(F)c2)c1. The Morgan fingerprint density at radius 1 is 0.944 bits per heavy atom. The van der Waals surface area contributed by atoms with Crippen LogP contribution in [0.1, 0.15) is 16.0 Å². The van der Waals surface area contributed by atoms with Crippen LogP contribution in [0.25, 0.3) is 0 Å². The lowest BCUT2D eigenvalue weighted by Crippen LogP contribution is -1.98. The largest absolute Gasteiger partial charge is 0.207 e. The van der Waals surface area contributed by atoms with Crippen LogP contribution < -0.4 is 0 Å². The lowest BCUT2D eigenvalue weighted by Gasteiger charge is -2.12. The van der Waals surface area contributed by atoms with Crippen molar-refractivity contribution in [2.75, 3.05) is 0 Å². The zero-order chi connectivity index (χ0) is 13.3. The fraction of sp³-hybridized carbons (Fsp3) is 0.0769. The third-order valence-corrected chi connectivity index (χ3v) is 3.80. The van der Waals surface area contributed by atoms with E-state index in [2.05, 4.69) is 15.9 Å². The van der Waals surface area contributed by atoms with Crippen LogP contribution in [0.5, 0.6) is 0 Å². The van der Waals surface area contributed by atoms with Gasteiger partial charge in [0.2, 0.25) is 0 Å². The number of alkyl halides is 1. The minimum Gasteiger partial charge on any atom is -0.207 e. The van der Waals surface area contributed by atoms with Crippen LogP contribution in [0.2, 0.25) is 5.02 Å². The average Bonchev–Trinajstić information content (AvgIpc) is 2.35. The summed E-state index contributed by atoms with van der Waals surface area (Å²) in [6.45, 7) is 0.